The lowest BCUT2D eigenvalue weighted by Crippen LogP contribution is -1.95. The first-order valence-corrected chi connectivity index (χ1v) is 21.4. The Bertz CT molecular complexity index is 3920. The maximum Gasteiger partial charge on any atom is 0.101 e. The molecule has 13 aromatic rings. The Morgan fingerprint density at radius 3 is 1.43 bits per heavy atom. The number of benzene rings is 9. The van der Waals surface area contributed by atoms with Crippen LogP contribution in [0.3, 0.4) is 0 Å². The number of hydrogen-bond donors (Lipinski definition) is 0. The van der Waals surface area contributed by atoms with Gasteiger partial charge in [-0.3, -0.25) is 0 Å². The van der Waals surface area contributed by atoms with E-state index < -0.39 is 0 Å². The van der Waals surface area contributed by atoms with E-state index in [0.29, 0.717) is 5.56 Å². The molecule has 0 spiro atoms. The van der Waals surface area contributed by atoms with Gasteiger partial charge in [0, 0.05) is 74.1 Å². The molecule has 63 heavy (non-hydrogen) atoms. The second-order valence-corrected chi connectivity index (χ2v) is 16.6. The Balaban J connectivity index is 0.000000137. The lowest BCUT2D eigenvalue weighted by molar-refractivity contribution is 1.01. The van der Waals surface area contributed by atoms with Gasteiger partial charge < -0.3 is 18.3 Å². The molecule has 5 heteroatoms. The molecule has 4 aromatic heterocycles. The van der Waals surface area contributed by atoms with E-state index in [-0.39, 0.29) is 0 Å². The van der Waals surface area contributed by atoms with Gasteiger partial charge >= 0.3 is 0 Å². The predicted octanol–water partition coefficient (Wildman–Crippen LogP) is 14.7. The van der Waals surface area contributed by atoms with Crippen LogP contribution in [0.1, 0.15) is 11.1 Å². The van der Waals surface area contributed by atoms with Crippen molar-refractivity contribution in [3.63, 3.8) is 0 Å². The van der Waals surface area contributed by atoms with Crippen LogP contribution >= 0.6 is 0 Å². The minimum atomic E-state index is 0.705. The van der Waals surface area contributed by atoms with Gasteiger partial charge in [-0.05, 0) is 90.3 Å². The molecule has 0 saturated heterocycles. The van der Waals surface area contributed by atoms with Crippen molar-refractivity contribution in [3.8, 4) is 28.6 Å². The molecule has 0 saturated carbocycles. The molecule has 0 bridgehead atoms. The second kappa shape index (κ2) is 14.1. The number of aromatic nitrogens is 4. The van der Waals surface area contributed by atoms with Crippen LogP contribution in [0.4, 0.5) is 0 Å². The summed E-state index contributed by atoms with van der Waals surface area (Å²) in [4.78, 5) is 0. The fraction of sp³-hybridized carbons (Fsp3) is 0.0517. The van der Waals surface area contributed by atoms with Crippen LogP contribution in [0.5, 0.6) is 0 Å². The molecule has 0 amide bonds. The van der Waals surface area contributed by atoms with Crippen molar-refractivity contribution in [3.05, 3.63) is 205 Å². The molecule has 298 valence electrons. The molecule has 0 aliphatic carbocycles. The van der Waals surface area contributed by atoms with E-state index in [2.05, 4.69) is 220 Å². The minimum Gasteiger partial charge on any atom is -0.343 e. The largest absolute Gasteiger partial charge is 0.343 e. The molecule has 4 heterocycles. The monoisotopic (exact) mass is 807 g/mol. The molecule has 9 aromatic carbocycles. The van der Waals surface area contributed by atoms with E-state index in [4.69, 9.17) is 0 Å². The van der Waals surface area contributed by atoms with Crippen molar-refractivity contribution in [1.29, 1.82) is 5.26 Å². The van der Waals surface area contributed by atoms with E-state index in [1.165, 1.54) is 87.6 Å². The summed E-state index contributed by atoms with van der Waals surface area (Å²) < 4.78 is 9.19. The normalized spacial score (nSPS) is 11.7. The zero-order valence-electron chi connectivity index (χ0n) is 35.2. The smallest absolute Gasteiger partial charge is 0.101 e. The van der Waals surface area contributed by atoms with Crippen LogP contribution in [0, 0.1) is 18.3 Å². The lowest BCUT2D eigenvalue weighted by Gasteiger charge is -2.10. The van der Waals surface area contributed by atoms with E-state index in [1.807, 2.05) is 19.2 Å². The maximum absolute atomic E-state index is 9.62. The van der Waals surface area contributed by atoms with Crippen molar-refractivity contribution < 1.29 is 0 Å². The quantitative estimate of drug-likeness (QED) is 0.175. The predicted molar refractivity (Wildman–Crippen MR) is 264 cm³/mol. The van der Waals surface area contributed by atoms with Crippen LogP contribution in [-0.4, -0.2) is 18.3 Å². The Labute approximate surface area is 364 Å². The van der Waals surface area contributed by atoms with E-state index in [0.717, 1.165) is 27.7 Å². The fourth-order valence-electron chi connectivity index (χ4n) is 10.4. The summed E-state index contributed by atoms with van der Waals surface area (Å²) in [7, 11) is 4.21. The van der Waals surface area contributed by atoms with Crippen molar-refractivity contribution in [2.24, 2.45) is 14.1 Å². The molecular weight excluding hydrogens is 767 g/mol. The maximum atomic E-state index is 9.62. The standard InChI is InChI=1S/C32H21N3.C26H20N2/c1-34-29-17-16-22(19-28(29)27-13-7-9-23(20-33)32(27)34)21-8-6-10-24(18-21)35-30-14-4-2-11-25(30)26-12-3-5-15-31(26)35;1-17-8-7-11-22-21-15-14-18(16-25(21)27(2)26(17)22)28-23-12-5-3-9-19(23)20-10-4-6-13-24(20)28/h2-19H,1H3;3-16H,1-2H3. The second-order valence-electron chi connectivity index (χ2n) is 16.6. The third-order valence-corrected chi connectivity index (χ3v) is 13.2. The Kier molecular flexibility index (Phi) is 8.19. The van der Waals surface area contributed by atoms with Crippen LogP contribution in [0.15, 0.2) is 194 Å². The third-order valence-electron chi connectivity index (χ3n) is 13.2. The van der Waals surface area contributed by atoms with Gasteiger partial charge in [-0.25, -0.2) is 0 Å². The van der Waals surface area contributed by atoms with Crippen LogP contribution in [0.25, 0.3) is 110 Å². The number of rotatable bonds is 3. The number of aryl methyl sites for hydroxylation is 3. The Morgan fingerprint density at radius 1 is 0.349 bits per heavy atom. The SMILES string of the molecule is Cc1cccc2c3ccc(-n4c5ccccc5c5ccccc54)cc3n(C)c12.Cn1c2ccc(-c3cccc(-n4c5ccccc5c5ccccc54)c3)cc2c2cccc(C#N)c21. The highest BCUT2D eigenvalue weighted by atomic mass is 15.0. The van der Waals surface area contributed by atoms with Crippen LogP contribution in [0.2, 0.25) is 0 Å². The van der Waals surface area contributed by atoms with Gasteiger partial charge in [-0.15, -0.1) is 0 Å². The summed E-state index contributed by atoms with van der Waals surface area (Å²) in [6.45, 7) is 2.19. The first kappa shape index (κ1) is 36.5. The van der Waals surface area contributed by atoms with Gasteiger partial charge in [0.1, 0.15) is 6.07 Å². The molecule has 0 N–H and O–H groups in total. The third kappa shape index (κ3) is 5.48. The highest BCUT2D eigenvalue weighted by molar-refractivity contribution is 6.13. The van der Waals surface area contributed by atoms with Crippen molar-refractivity contribution in [2.45, 2.75) is 6.92 Å². The van der Waals surface area contributed by atoms with Crippen molar-refractivity contribution in [1.82, 2.24) is 18.3 Å². The average molecular weight is 808 g/mol. The molecule has 0 aliphatic heterocycles. The molecule has 0 radical (unpaired) electrons. The van der Waals surface area contributed by atoms with Gasteiger partial charge in [0.05, 0.1) is 44.2 Å². The number of fused-ring (bicyclic) bond motifs is 12. The fourth-order valence-corrected chi connectivity index (χ4v) is 10.4. The van der Waals surface area contributed by atoms with Crippen molar-refractivity contribution >= 4 is 87.2 Å². The molecule has 0 atom stereocenters. The first-order valence-electron chi connectivity index (χ1n) is 21.4. The summed E-state index contributed by atoms with van der Waals surface area (Å²) in [5.41, 5.74) is 16.3. The first-order chi connectivity index (χ1) is 31.0. The van der Waals surface area contributed by atoms with E-state index >= 15 is 0 Å². The number of nitrogens with zero attached hydrogens (tertiary/aromatic N) is 5. The average Bonchev–Trinajstić information content (AvgIpc) is 4.04. The summed E-state index contributed by atoms with van der Waals surface area (Å²) in [5.74, 6) is 0. The van der Waals surface area contributed by atoms with Crippen molar-refractivity contribution in [2.75, 3.05) is 0 Å². The Morgan fingerprint density at radius 2 is 0.825 bits per heavy atom. The van der Waals surface area contributed by atoms with Gasteiger partial charge in [-0.1, -0.05) is 127 Å². The zero-order chi connectivity index (χ0) is 42.3. The molecular formula is C58H41N5. The highest BCUT2D eigenvalue weighted by Crippen LogP contribution is 2.38. The van der Waals surface area contributed by atoms with Crippen LogP contribution < -0.4 is 0 Å². The number of nitriles is 1. The van der Waals surface area contributed by atoms with Gasteiger partial charge in [0.2, 0.25) is 0 Å². The van der Waals surface area contributed by atoms with E-state index in [1.54, 1.807) is 0 Å². The Hall–Kier alpha value is -8.33. The number of para-hydroxylation sites is 6. The molecule has 13 rings (SSSR count). The van der Waals surface area contributed by atoms with Gasteiger partial charge in [-0.2, -0.15) is 5.26 Å². The highest BCUT2D eigenvalue weighted by Gasteiger charge is 2.17. The lowest BCUT2D eigenvalue weighted by atomic mass is 10.0. The van der Waals surface area contributed by atoms with Crippen LogP contribution in [-0.2, 0) is 14.1 Å². The van der Waals surface area contributed by atoms with E-state index in [9.17, 15) is 5.26 Å². The molecule has 0 unspecified atom stereocenters. The summed E-state index contributed by atoms with van der Waals surface area (Å²) in [5, 5.41) is 19.7. The zero-order valence-corrected chi connectivity index (χ0v) is 35.2. The molecule has 0 fully saturated rings. The molecule has 5 nitrogen and oxygen atoms in total. The minimum absolute atomic E-state index is 0.705. The number of hydrogen-bond acceptors (Lipinski definition) is 1. The summed E-state index contributed by atoms with van der Waals surface area (Å²) in [6.07, 6.45) is 0. The molecule has 0 aliphatic rings. The van der Waals surface area contributed by atoms with Gasteiger partial charge in [0.15, 0.2) is 0 Å². The summed E-state index contributed by atoms with van der Waals surface area (Å²) >= 11 is 0. The summed E-state index contributed by atoms with van der Waals surface area (Å²) in [6, 6.07) is 71.6. The van der Waals surface area contributed by atoms with Gasteiger partial charge in [0.25, 0.3) is 0 Å². The topological polar surface area (TPSA) is 43.5 Å².